The minimum absolute atomic E-state index is 0.0445. The van der Waals surface area contributed by atoms with Crippen LogP contribution in [0.3, 0.4) is 0 Å². The van der Waals surface area contributed by atoms with Gasteiger partial charge in [-0.05, 0) is 34.1 Å². The summed E-state index contributed by atoms with van der Waals surface area (Å²) in [6.45, 7) is 9.84. The molecule has 4 nitrogen and oxygen atoms in total. The predicted molar refractivity (Wildman–Crippen MR) is 80.3 cm³/mol. The zero-order chi connectivity index (χ0) is 16.3. The number of hydrogen-bond donors (Lipinski definition) is 0. The third-order valence-corrected chi connectivity index (χ3v) is 5.24. The molecule has 1 aliphatic heterocycles. The molecule has 2 fully saturated rings. The van der Waals surface area contributed by atoms with Gasteiger partial charge in [0.25, 0.3) is 5.92 Å². The highest BCUT2D eigenvalue weighted by molar-refractivity contribution is 6.62. The van der Waals surface area contributed by atoms with Gasteiger partial charge < -0.3 is 9.31 Å². The van der Waals surface area contributed by atoms with Gasteiger partial charge in [-0.2, -0.15) is 5.10 Å². The molecular formula is C15H23BF2N2O2. The van der Waals surface area contributed by atoms with E-state index in [1.54, 1.807) is 17.1 Å². The van der Waals surface area contributed by atoms with Crippen molar-refractivity contribution in [2.75, 3.05) is 0 Å². The van der Waals surface area contributed by atoms with E-state index in [4.69, 9.17) is 9.31 Å². The topological polar surface area (TPSA) is 36.3 Å². The molecule has 0 amide bonds. The van der Waals surface area contributed by atoms with Crippen LogP contribution in [0.15, 0.2) is 12.4 Å². The maximum Gasteiger partial charge on any atom is 0.498 e. The Morgan fingerprint density at radius 1 is 1.32 bits per heavy atom. The molecular weight excluding hydrogens is 289 g/mol. The van der Waals surface area contributed by atoms with Gasteiger partial charge in [0.1, 0.15) is 0 Å². The largest absolute Gasteiger partial charge is 0.498 e. The van der Waals surface area contributed by atoms with E-state index in [0.717, 1.165) is 5.46 Å². The van der Waals surface area contributed by atoms with Crippen molar-refractivity contribution >= 4 is 12.6 Å². The standard InChI is InChI=1S/C15H23BF2N2O2/c1-6-12(11-7-15(11,17)18)20-9-10(8-19-20)16-21-13(2,3)14(4,5)22-16/h8-9,11-12H,6-7H2,1-5H3. The Morgan fingerprint density at radius 2 is 1.86 bits per heavy atom. The van der Waals surface area contributed by atoms with E-state index in [1.165, 1.54) is 0 Å². The zero-order valence-electron chi connectivity index (χ0n) is 13.8. The molecule has 0 bridgehead atoms. The molecule has 0 aromatic carbocycles. The van der Waals surface area contributed by atoms with E-state index >= 15 is 0 Å². The second-order valence-electron chi connectivity index (χ2n) is 7.39. The van der Waals surface area contributed by atoms with Crippen molar-refractivity contribution in [1.29, 1.82) is 0 Å². The highest BCUT2D eigenvalue weighted by atomic mass is 19.3. The van der Waals surface area contributed by atoms with Crippen LogP contribution in [-0.2, 0) is 9.31 Å². The smallest absolute Gasteiger partial charge is 0.399 e. The van der Waals surface area contributed by atoms with Crippen molar-refractivity contribution in [2.45, 2.75) is 70.6 Å². The summed E-state index contributed by atoms with van der Waals surface area (Å²) in [4.78, 5) is 0. The van der Waals surface area contributed by atoms with Crippen molar-refractivity contribution in [3.8, 4) is 0 Å². The lowest BCUT2D eigenvalue weighted by Gasteiger charge is -2.32. The van der Waals surface area contributed by atoms with Gasteiger partial charge >= 0.3 is 7.12 Å². The monoisotopic (exact) mass is 312 g/mol. The van der Waals surface area contributed by atoms with Crippen molar-refractivity contribution in [1.82, 2.24) is 9.78 Å². The Labute approximate surface area is 130 Å². The molecule has 2 aliphatic rings. The molecule has 3 rings (SSSR count). The first-order valence-electron chi connectivity index (χ1n) is 7.85. The number of rotatable bonds is 4. The summed E-state index contributed by atoms with van der Waals surface area (Å²) in [6.07, 6.45) is 4.03. The Kier molecular flexibility index (Phi) is 3.46. The van der Waals surface area contributed by atoms with Crippen LogP contribution in [0, 0.1) is 5.92 Å². The fraction of sp³-hybridized carbons (Fsp3) is 0.800. The highest BCUT2D eigenvalue weighted by Crippen LogP contribution is 2.55. The first kappa shape index (κ1) is 15.9. The van der Waals surface area contributed by atoms with Crippen LogP contribution in [0.2, 0.25) is 0 Å². The lowest BCUT2D eigenvalue weighted by atomic mass is 9.82. The van der Waals surface area contributed by atoms with Crippen LogP contribution in [0.5, 0.6) is 0 Å². The van der Waals surface area contributed by atoms with Gasteiger partial charge in [0, 0.05) is 24.3 Å². The quantitative estimate of drug-likeness (QED) is 0.802. The van der Waals surface area contributed by atoms with E-state index in [1.807, 2.05) is 34.6 Å². The average molecular weight is 312 g/mol. The summed E-state index contributed by atoms with van der Waals surface area (Å²) < 4.78 is 40.3. The molecule has 0 spiro atoms. The molecule has 0 N–H and O–H groups in total. The SMILES string of the molecule is CCC(C1CC1(F)F)n1cc(B2OC(C)(C)C(C)(C)O2)cn1. The maximum atomic E-state index is 13.3. The number of hydrogen-bond acceptors (Lipinski definition) is 3. The molecule has 22 heavy (non-hydrogen) atoms. The normalized spacial score (nSPS) is 29.6. The molecule has 1 aromatic rings. The maximum absolute atomic E-state index is 13.3. The van der Waals surface area contributed by atoms with Gasteiger partial charge in [-0.25, -0.2) is 8.78 Å². The van der Waals surface area contributed by atoms with Crippen molar-refractivity contribution in [2.24, 2.45) is 5.92 Å². The lowest BCUT2D eigenvalue weighted by Crippen LogP contribution is -2.41. The molecule has 1 aromatic heterocycles. The molecule has 0 radical (unpaired) electrons. The predicted octanol–water partition coefficient (Wildman–Crippen LogP) is 2.79. The van der Waals surface area contributed by atoms with Crippen molar-refractivity contribution in [3.63, 3.8) is 0 Å². The van der Waals surface area contributed by atoms with E-state index < -0.39 is 30.2 Å². The summed E-state index contributed by atoms with van der Waals surface area (Å²) >= 11 is 0. The summed E-state index contributed by atoms with van der Waals surface area (Å²) in [7, 11) is -0.504. The third-order valence-electron chi connectivity index (χ3n) is 5.24. The first-order valence-corrected chi connectivity index (χ1v) is 7.85. The van der Waals surface area contributed by atoms with Crippen LogP contribution >= 0.6 is 0 Å². The number of alkyl halides is 2. The summed E-state index contributed by atoms with van der Waals surface area (Å²) in [5.41, 5.74) is -0.0676. The van der Waals surface area contributed by atoms with Gasteiger partial charge in [0.15, 0.2) is 0 Å². The molecule has 1 aliphatic carbocycles. The Balaban J connectivity index is 1.77. The molecule has 2 heterocycles. The van der Waals surface area contributed by atoms with E-state index in [2.05, 4.69) is 5.10 Å². The van der Waals surface area contributed by atoms with Gasteiger partial charge in [0.2, 0.25) is 0 Å². The molecule has 2 unspecified atom stereocenters. The molecule has 2 atom stereocenters. The van der Waals surface area contributed by atoms with E-state index in [-0.39, 0.29) is 12.5 Å². The fourth-order valence-electron chi connectivity index (χ4n) is 2.94. The minimum atomic E-state index is -2.54. The van der Waals surface area contributed by atoms with Crippen molar-refractivity contribution < 1.29 is 18.1 Å². The van der Waals surface area contributed by atoms with Gasteiger partial charge in [-0.15, -0.1) is 0 Å². The van der Waals surface area contributed by atoms with Gasteiger partial charge in [-0.1, -0.05) is 6.92 Å². The van der Waals surface area contributed by atoms with Crippen LogP contribution in [0.25, 0.3) is 0 Å². The number of aromatic nitrogens is 2. The van der Waals surface area contributed by atoms with E-state index in [0.29, 0.717) is 6.42 Å². The minimum Gasteiger partial charge on any atom is -0.399 e. The Morgan fingerprint density at radius 3 is 2.32 bits per heavy atom. The highest BCUT2D eigenvalue weighted by Gasteiger charge is 2.60. The summed E-state index contributed by atoms with van der Waals surface area (Å²) in [5.74, 6) is -3.15. The van der Waals surface area contributed by atoms with Crippen LogP contribution in [0.1, 0.15) is 53.5 Å². The summed E-state index contributed by atoms with van der Waals surface area (Å²) in [5, 5.41) is 4.28. The van der Waals surface area contributed by atoms with E-state index in [9.17, 15) is 8.78 Å². The van der Waals surface area contributed by atoms with Gasteiger partial charge in [0.05, 0.1) is 23.2 Å². The first-order chi connectivity index (χ1) is 10.1. The Hall–Kier alpha value is -0.945. The van der Waals surface area contributed by atoms with Crippen molar-refractivity contribution in [3.05, 3.63) is 12.4 Å². The molecule has 1 saturated heterocycles. The zero-order valence-corrected chi connectivity index (χ0v) is 13.8. The average Bonchev–Trinajstić information content (AvgIpc) is 2.74. The van der Waals surface area contributed by atoms with Crippen LogP contribution in [0.4, 0.5) is 8.78 Å². The Bertz CT molecular complexity index is 558. The second kappa shape index (κ2) is 4.77. The van der Waals surface area contributed by atoms with Crippen LogP contribution < -0.4 is 5.46 Å². The van der Waals surface area contributed by atoms with Crippen LogP contribution in [-0.4, -0.2) is 34.0 Å². The fourth-order valence-corrected chi connectivity index (χ4v) is 2.94. The molecule has 1 saturated carbocycles. The summed E-state index contributed by atoms with van der Waals surface area (Å²) in [6, 6.07) is -0.272. The second-order valence-corrected chi connectivity index (χ2v) is 7.39. The third kappa shape index (κ3) is 2.48. The van der Waals surface area contributed by atoms with Gasteiger partial charge in [-0.3, -0.25) is 4.68 Å². The number of halogens is 2. The molecule has 7 heteroatoms. The molecule has 122 valence electrons. The number of nitrogens with zero attached hydrogens (tertiary/aromatic N) is 2. The lowest BCUT2D eigenvalue weighted by molar-refractivity contribution is 0.00578.